The molecule has 7 nitrogen and oxygen atoms in total. The van der Waals surface area contributed by atoms with Crippen molar-refractivity contribution >= 4 is 32.7 Å². The third-order valence-corrected chi connectivity index (χ3v) is 8.54. The minimum atomic E-state index is -3.58. The number of sulfonamides is 1. The summed E-state index contributed by atoms with van der Waals surface area (Å²) >= 11 is 1.40. The highest BCUT2D eigenvalue weighted by Gasteiger charge is 2.26. The van der Waals surface area contributed by atoms with E-state index >= 15 is 0 Å². The standard InChI is InChI=1S/C25H23N3O4S2/c29-24-22-11-4-5-12-23(22)26-25(28(24)20-8-2-1-3-9-20)33-18-19-7-6-10-21(17-19)34(30,31)27-13-15-32-16-14-27/h1-12,17H,13-16,18H2. The number of rotatable bonds is 6. The van der Waals surface area contributed by atoms with Crippen molar-refractivity contribution in [3.8, 4) is 5.69 Å². The van der Waals surface area contributed by atoms with E-state index in [4.69, 9.17) is 9.72 Å². The lowest BCUT2D eigenvalue weighted by molar-refractivity contribution is 0.0730. The molecular formula is C25H23N3O4S2. The second-order valence-electron chi connectivity index (χ2n) is 7.84. The van der Waals surface area contributed by atoms with Crippen LogP contribution in [0.1, 0.15) is 5.56 Å². The Morgan fingerprint density at radius 3 is 2.44 bits per heavy atom. The first kappa shape index (κ1) is 22.8. The maximum atomic E-state index is 13.3. The van der Waals surface area contributed by atoms with E-state index in [1.54, 1.807) is 28.8 Å². The normalized spacial score (nSPS) is 14.9. The van der Waals surface area contributed by atoms with Gasteiger partial charge in [0.05, 0.1) is 34.7 Å². The van der Waals surface area contributed by atoms with Crippen LogP contribution < -0.4 is 5.56 Å². The summed E-state index contributed by atoms with van der Waals surface area (Å²) in [5.41, 5.74) is 2.06. The van der Waals surface area contributed by atoms with E-state index in [9.17, 15) is 13.2 Å². The number of benzene rings is 3. The number of hydrogen-bond donors (Lipinski definition) is 0. The molecule has 5 rings (SSSR count). The number of ether oxygens (including phenoxy) is 1. The monoisotopic (exact) mass is 493 g/mol. The van der Waals surface area contributed by atoms with Gasteiger partial charge in [0.1, 0.15) is 0 Å². The Morgan fingerprint density at radius 2 is 1.65 bits per heavy atom. The predicted molar refractivity (Wildman–Crippen MR) is 133 cm³/mol. The van der Waals surface area contributed by atoms with Crippen molar-refractivity contribution in [1.82, 2.24) is 13.9 Å². The van der Waals surface area contributed by atoms with Crippen LogP contribution in [0.25, 0.3) is 16.6 Å². The molecule has 0 amide bonds. The number of hydrogen-bond acceptors (Lipinski definition) is 6. The van der Waals surface area contributed by atoms with Gasteiger partial charge in [-0.25, -0.2) is 13.4 Å². The van der Waals surface area contributed by atoms with Gasteiger partial charge in [0, 0.05) is 18.8 Å². The van der Waals surface area contributed by atoms with Gasteiger partial charge in [-0.05, 0) is 42.0 Å². The van der Waals surface area contributed by atoms with Crippen LogP contribution in [-0.4, -0.2) is 48.6 Å². The van der Waals surface area contributed by atoms with E-state index in [2.05, 4.69) is 0 Å². The zero-order valence-electron chi connectivity index (χ0n) is 18.3. The number of para-hydroxylation sites is 2. The molecule has 34 heavy (non-hydrogen) atoms. The van der Waals surface area contributed by atoms with Gasteiger partial charge in [-0.3, -0.25) is 9.36 Å². The highest BCUT2D eigenvalue weighted by molar-refractivity contribution is 7.98. The molecule has 1 aliphatic rings. The summed E-state index contributed by atoms with van der Waals surface area (Å²) in [6, 6.07) is 23.6. The zero-order valence-corrected chi connectivity index (χ0v) is 20.0. The van der Waals surface area contributed by atoms with Crippen molar-refractivity contribution in [3.63, 3.8) is 0 Å². The van der Waals surface area contributed by atoms with Crippen molar-refractivity contribution in [1.29, 1.82) is 0 Å². The lowest BCUT2D eigenvalue weighted by Gasteiger charge is -2.26. The zero-order chi connectivity index (χ0) is 23.5. The van der Waals surface area contributed by atoms with Gasteiger partial charge in [-0.15, -0.1) is 0 Å². The Kier molecular flexibility index (Phi) is 6.51. The summed E-state index contributed by atoms with van der Waals surface area (Å²) in [7, 11) is -3.58. The van der Waals surface area contributed by atoms with Crippen LogP contribution in [0.5, 0.6) is 0 Å². The molecule has 1 aliphatic heterocycles. The summed E-state index contributed by atoms with van der Waals surface area (Å²) < 4.78 is 34.5. The van der Waals surface area contributed by atoms with E-state index in [1.165, 1.54) is 16.1 Å². The SMILES string of the molecule is O=c1c2ccccc2nc(SCc2cccc(S(=O)(=O)N3CCOCC3)c2)n1-c1ccccc1. The van der Waals surface area contributed by atoms with Crippen molar-refractivity contribution in [2.24, 2.45) is 0 Å². The third-order valence-electron chi connectivity index (χ3n) is 5.63. The van der Waals surface area contributed by atoms with Crippen LogP contribution in [0.15, 0.2) is 93.7 Å². The molecule has 0 spiro atoms. The van der Waals surface area contributed by atoms with E-state index in [-0.39, 0.29) is 10.5 Å². The maximum absolute atomic E-state index is 13.3. The fourth-order valence-corrected chi connectivity index (χ4v) is 6.33. The fraction of sp³-hybridized carbons (Fsp3) is 0.200. The van der Waals surface area contributed by atoms with Crippen molar-refractivity contribution in [3.05, 3.63) is 94.8 Å². The molecule has 0 bridgehead atoms. The summed E-state index contributed by atoms with van der Waals surface area (Å²) in [5, 5.41) is 1.10. The van der Waals surface area contributed by atoms with Crippen molar-refractivity contribution in [2.75, 3.05) is 26.3 Å². The van der Waals surface area contributed by atoms with E-state index in [0.717, 1.165) is 11.3 Å². The van der Waals surface area contributed by atoms with Crippen LogP contribution in [0, 0.1) is 0 Å². The Balaban J connectivity index is 1.48. The minimum absolute atomic E-state index is 0.136. The molecule has 1 aromatic heterocycles. The smallest absolute Gasteiger partial charge is 0.266 e. The van der Waals surface area contributed by atoms with Gasteiger partial charge in [-0.1, -0.05) is 54.2 Å². The lowest BCUT2D eigenvalue weighted by Crippen LogP contribution is -2.40. The Bertz CT molecular complexity index is 1480. The lowest BCUT2D eigenvalue weighted by atomic mass is 10.2. The molecule has 0 aliphatic carbocycles. The van der Waals surface area contributed by atoms with E-state index in [0.29, 0.717) is 48.1 Å². The Hall–Kier alpha value is -2.98. The molecule has 174 valence electrons. The summed E-state index contributed by atoms with van der Waals surface area (Å²) in [5.74, 6) is 0.462. The average Bonchev–Trinajstić information content (AvgIpc) is 2.89. The highest BCUT2D eigenvalue weighted by atomic mass is 32.2. The molecule has 0 N–H and O–H groups in total. The van der Waals surface area contributed by atoms with Crippen molar-refractivity contribution < 1.29 is 13.2 Å². The maximum Gasteiger partial charge on any atom is 0.266 e. The molecule has 0 atom stereocenters. The molecular weight excluding hydrogens is 470 g/mol. The third kappa shape index (κ3) is 4.52. The van der Waals surface area contributed by atoms with Crippen LogP contribution in [0.3, 0.4) is 0 Å². The van der Waals surface area contributed by atoms with Gasteiger partial charge in [0.2, 0.25) is 10.0 Å². The molecule has 4 aromatic rings. The highest BCUT2D eigenvalue weighted by Crippen LogP contribution is 2.26. The van der Waals surface area contributed by atoms with Gasteiger partial charge in [-0.2, -0.15) is 4.31 Å². The average molecular weight is 494 g/mol. The molecule has 3 aromatic carbocycles. The molecule has 0 unspecified atom stereocenters. The van der Waals surface area contributed by atoms with Gasteiger partial charge in [0.25, 0.3) is 5.56 Å². The van der Waals surface area contributed by atoms with Crippen LogP contribution in [0.2, 0.25) is 0 Å². The molecule has 9 heteroatoms. The molecule has 1 fully saturated rings. The van der Waals surface area contributed by atoms with Crippen LogP contribution in [0.4, 0.5) is 0 Å². The second kappa shape index (κ2) is 9.71. The van der Waals surface area contributed by atoms with Gasteiger partial charge >= 0.3 is 0 Å². The summed E-state index contributed by atoms with van der Waals surface area (Å²) in [6.07, 6.45) is 0. The Morgan fingerprint density at radius 1 is 0.912 bits per heavy atom. The number of morpholine rings is 1. The first-order chi connectivity index (χ1) is 16.5. The van der Waals surface area contributed by atoms with E-state index in [1.807, 2.05) is 54.6 Å². The molecule has 0 radical (unpaired) electrons. The van der Waals surface area contributed by atoms with Gasteiger partial charge < -0.3 is 4.74 Å². The van der Waals surface area contributed by atoms with Gasteiger partial charge in [0.15, 0.2) is 5.16 Å². The molecule has 1 saturated heterocycles. The summed E-state index contributed by atoms with van der Waals surface area (Å²) in [4.78, 5) is 18.4. The largest absolute Gasteiger partial charge is 0.379 e. The molecule has 2 heterocycles. The fourth-order valence-electron chi connectivity index (χ4n) is 3.89. The molecule has 0 saturated carbocycles. The number of aromatic nitrogens is 2. The first-order valence-electron chi connectivity index (χ1n) is 10.9. The Labute approximate surface area is 202 Å². The topological polar surface area (TPSA) is 81.5 Å². The quantitative estimate of drug-likeness (QED) is 0.301. The first-order valence-corrected chi connectivity index (χ1v) is 13.3. The second-order valence-corrected chi connectivity index (χ2v) is 10.7. The number of fused-ring (bicyclic) bond motifs is 1. The van der Waals surface area contributed by atoms with Crippen LogP contribution >= 0.6 is 11.8 Å². The van der Waals surface area contributed by atoms with Crippen molar-refractivity contribution in [2.45, 2.75) is 15.8 Å². The summed E-state index contributed by atoms with van der Waals surface area (Å²) in [6.45, 7) is 1.51. The number of thioether (sulfide) groups is 1. The van der Waals surface area contributed by atoms with Crippen LogP contribution in [-0.2, 0) is 20.5 Å². The van der Waals surface area contributed by atoms with E-state index < -0.39 is 10.0 Å². The predicted octanol–water partition coefficient (Wildman–Crippen LogP) is 3.70. The minimum Gasteiger partial charge on any atom is -0.379 e. The number of nitrogens with zero attached hydrogens (tertiary/aromatic N) is 3.